The molecule has 0 aliphatic carbocycles. The summed E-state index contributed by atoms with van der Waals surface area (Å²) >= 11 is 0. The molecular formula is C24H18BN3O3. The van der Waals surface area contributed by atoms with Crippen molar-refractivity contribution in [3.8, 4) is 18.2 Å². The third kappa shape index (κ3) is 6.82. The maximum absolute atomic E-state index is 8.91. The highest BCUT2D eigenvalue weighted by Crippen LogP contribution is 2.12. The first-order chi connectivity index (χ1) is 15.2. The fourth-order valence-corrected chi connectivity index (χ4v) is 2.66. The number of rotatable bonds is 9. The van der Waals surface area contributed by atoms with Gasteiger partial charge in [0, 0.05) is 0 Å². The van der Waals surface area contributed by atoms with Crippen molar-refractivity contribution in [1.82, 2.24) is 0 Å². The van der Waals surface area contributed by atoms with Gasteiger partial charge >= 0.3 is 7.32 Å². The molecule has 0 aromatic heterocycles. The zero-order valence-electron chi connectivity index (χ0n) is 16.7. The summed E-state index contributed by atoms with van der Waals surface area (Å²) in [5.74, 6) is 0. The monoisotopic (exact) mass is 407 g/mol. The Morgan fingerprint density at radius 3 is 0.968 bits per heavy atom. The second kappa shape index (κ2) is 11.3. The van der Waals surface area contributed by atoms with Crippen LogP contribution in [0, 0.1) is 34.0 Å². The molecule has 3 aromatic carbocycles. The molecule has 31 heavy (non-hydrogen) atoms. The number of hydrogen-bond donors (Lipinski definition) is 0. The third-order valence-corrected chi connectivity index (χ3v) is 4.41. The van der Waals surface area contributed by atoms with E-state index in [1.807, 2.05) is 36.4 Å². The Morgan fingerprint density at radius 1 is 0.484 bits per heavy atom. The first-order valence-electron chi connectivity index (χ1n) is 9.52. The SMILES string of the molecule is N#Cc1ccc(COB(OCc2ccc(C#N)cc2)OCc2ccc(C#N)cc2)cc1. The summed E-state index contributed by atoms with van der Waals surface area (Å²) in [5, 5.41) is 26.7. The first kappa shape index (κ1) is 21.8. The second-order valence-corrected chi connectivity index (χ2v) is 6.65. The Bertz CT molecular complexity index is 963. The van der Waals surface area contributed by atoms with Crippen molar-refractivity contribution in [2.45, 2.75) is 19.8 Å². The van der Waals surface area contributed by atoms with Crippen LogP contribution in [0.25, 0.3) is 0 Å². The fraction of sp³-hybridized carbons (Fsp3) is 0.125. The van der Waals surface area contributed by atoms with Crippen molar-refractivity contribution in [2.24, 2.45) is 0 Å². The minimum Gasteiger partial charge on any atom is -0.382 e. The van der Waals surface area contributed by atoms with Gasteiger partial charge in [-0.3, -0.25) is 0 Å². The Morgan fingerprint density at radius 2 is 0.742 bits per heavy atom. The molecule has 0 saturated carbocycles. The van der Waals surface area contributed by atoms with E-state index in [0.717, 1.165) is 16.7 Å². The normalized spacial score (nSPS) is 9.97. The molecule has 0 fully saturated rings. The van der Waals surface area contributed by atoms with Crippen LogP contribution in [0.3, 0.4) is 0 Å². The van der Waals surface area contributed by atoms with Gasteiger partial charge in [0.2, 0.25) is 0 Å². The van der Waals surface area contributed by atoms with Crippen LogP contribution in [0.5, 0.6) is 0 Å². The maximum atomic E-state index is 8.91. The summed E-state index contributed by atoms with van der Waals surface area (Å²) in [4.78, 5) is 0. The van der Waals surface area contributed by atoms with Crippen LogP contribution in [-0.2, 0) is 33.8 Å². The molecule has 7 heteroatoms. The first-order valence-corrected chi connectivity index (χ1v) is 9.52. The number of nitrogens with zero attached hydrogens (tertiary/aromatic N) is 3. The van der Waals surface area contributed by atoms with E-state index >= 15 is 0 Å². The highest BCUT2D eigenvalue weighted by atomic mass is 16.7. The average molecular weight is 407 g/mol. The van der Waals surface area contributed by atoms with Crippen LogP contribution in [-0.4, -0.2) is 7.32 Å². The van der Waals surface area contributed by atoms with Crippen molar-refractivity contribution >= 4 is 7.32 Å². The van der Waals surface area contributed by atoms with Gasteiger partial charge in [0.1, 0.15) is 0 Å². The Hall–Kier alpha value is -3.93. The van der Waals surface area contributed by atoms with E-state index in [9.17, 15) is 0 Å². The van der Waals surface area contributed by atoms with E-state index in [-0.39, 0.29) is 19.8 Å². The lowest BCUT2D eigenvalue weighted by atomic mass is 10.1. The van der Waals surface area contributed by atoms with Gasteiger partial charge in [-0.25, -0.2) is 0 Å². The zero-order chi connectivity index (χ0) is 21.9. The molecule has 0 amide bonds. The van der Waals surface area contributed by atoms with Gasteiger partial charge in [-0.15, -0.1) is 0 Å². The van der Waals surface area contributed by atoms with Gasteiger partial charge in [-0.1, -0.05) is 36.4 Å². The number of nitriles is 3. The van der Waals surface area contributed by atoms with Crippen LogP contribution in [0.4, 0.5) is 0 Å². The van der Waals surface area contributed by atoms with Gasteiger partial charge in [0.05, 0.1) is 54.7 Å². The highest BCUT2D eigenvalue weighted by Gasteiger charge is 2.22. The minimum absolute atomic E-state index is 0.247. The smallest absolute Gasteiger partial charge is 0.382 e. The van der Waals surface area contributed by atoms with E-state index in [4.69, 9.17) is 29.7 Å². The molecule has 3 aromatic rings. The highest BCUT2D eigenvalue weighted by molar-refractivity contribution is 6.36. The molecular weight excluding hydrogens is 389 g/mol. The topological polar surface area (TPSA) is 99.1 Å². The van der Waals surface area contributed by atoms with E-state index < -0.39 is 7.32 Å². The standard InChI is InChI=1S/C24H18BN3O3/c26-13-19-1-7-22(8-2-19)16-29-25(30-17-23-9-3-20(14-27)4-10-23)31-18-24-11-5-21(15-28)6-12-24/h1-12H,16-18H2. The molecule has 0 bridgehead atoms. The van der Waals surface area contributed by atoms with Crippen molar-refractivity contribution in [3.05, 3.63) is 106 Å². The van der Waals surface area contributed by atoms with Gasteiger partial charge in [0.15, 0.2) is 0 Å². The van der Waals surface area contributed by atoms with Crippen LogP contribution < -0.4 is 0 Å². The van der Waals surface area contributed by atoms with Crippen molar-refractivity contribution < 1.29 is 14.0 Å². The van der Waals surface area contributed by atoms with E-state index in [2.05, 4.69) is 18.2 Å². The molecule has 0 aliphatic rings. The molecule has 6 nitrogen and oxygen atoms in total. The quantitative estimate of drug-likeness (QED) is 0.492. The Kier molecular flexibility index (Phi) is 7.94. The molecule has 0 spiro atoms. The summed E-state index contributed by atoms with van der Waals surface area (Å²) in [5.41, 5.74) is 4.38. The van der Waals surface area contributed by atoms with Crippen LogP contribution in [0.1, 0.15) is 33.4 Å². The average Bonchev–Trinajstić information content (AvgIpc) is 2.84. The van der Waals surface area contributed by atoms with Gasteiger partial charge < -0.3 is 14.0 Å². The van der Waals surface area contributed by atoms with Gasteiger partial charge in [0.25, 0.3) is 0 Å². The Balaban J connectivity index is 1.61. The lowest BCUT2D eigenvalue weighted by Crippen LogP contribution is -2.27. The molecule has 0 saturated heterocycles. The van der Waals surface area contributed by atoms with Crippen molar-refractivity contribution in [1.29, 1.82) is 15.8 Å². The summed E-state index contributed by atoms with van der Waals surface area (Å²) in [6.07, 6.45) is 0. The lowest BCUT2D eigenvalue weighted by Gasteiger charge is -2.15. The predicted molar refractivity (Wildman–Crippen MR) is 114 cm³/mol. The summed E-state index contributed by atoms with van der Waals surface area (Å²) in [7, 11) is -0.929. The van der Waals surface area contributed by atoms with Gasteiger partial charge in [-0.05, 0) is 53.1 Å². The van der Waals surface area contributed by atoms with Crippen molar-refractivity contribution in [3.63, 3.8) is 0 Å². The number of benzene rings is 3. The molecule has 0 unspecified atom stereocenters. The zero-order valence-corrected chi connectivity index (χ0v) is 16.7. The summed E-state index contributed by atoms with van der Waals surface area (Å²) in [6, 6.07) is 27.5. The van der Waals surface area contributed by atoms with Gasteiger partial charge in [-0.2, -0.15) is 15.8 Å². The van der Waals surface area contributed by atoms with Crippen molar-refractivity contribution in [2.75, 3.05) is 0 Å². The van der Waals surface area contributed by atoms with E-state index in [0.29, 0.717) is 16.7 Å². The number of hydrogen-bond acceptors (Lipinski definition) is 6. The van der Waals surface area contributed by atoms with Crippen LogP contribution in [0.15, 0.2) is 72.8 Å². The summed E-state index contributed by atoms with van der Waals surface area (Å²) in [6.45, 7) is 0.741. The second-order valence-electron chi connectivity index (χ2n) is 6.65. The minimum atomic E-state index is -0.929. The largest absolute Gasteiger partial charge is 0.640 e. The third-order valence-electron chi connectivity index (χ3n) is 4.41. The van der Waals surface area contributed by atoms with E-state index in [1.54, 1.807) is 36.4 Å². The van der Waals surface area contributed by atoms with Crippen LogP contribution >= 0.6 is 0 Å². The molecule has 0 radical (unpaired) electrons. The molecule has 3 rings (SSSR count). The van der Waals surface area contributed by atoms with Crippen LogP contribution in [0.2, 0.25) is 0 Å². The maximum Gasteiger partial charge on any atom is 0.640 e. The Labute approximate surface area is 181 Å². The summed E-state index contributed by atoms with van der Waals surface area (Å²) < 4.78 is 17.4. The molecule has 0 heterocycles. The van der Waals surface area contributed by atoms with E-state index in [1.165, 1.54) is 0 Å². The predicted octanol–water partition coefficient (Wildman–Crippen LogP) is 4.24. The lowest BCUT2D eigenvalue weighted by molar-refractivity contribution is 0.0766. The molecule has 150 valence electrons. The molecule has 0 N–H and O–H groups in total. The molecule has 0 atom stereocenters. The molecule has 0 aliphatic heterocycles. The fourth-order valence-electron chi connectivity index (χ4n) is 2.66.